The number of ether oxygens (including phenoxy) is 1. The normalized spacial score (nSPS) is 11.3. The van der Waals surface area contributed by atoms with E-state index in [1.807, 2.05) is 11.6 Å². The second-order valence-electron chi connectivity index (χ2n) is 4.24. The molecule has 0 amide bonds. The van der Waals surface area contributed by atoms with Crippen LogP contribution in [0.1, 0.15) is 32.0 Å². The Kier molecular flexibility index (Phi) is 5.49. The van der Waals surface area contributed by atoms with Gasteiger partial charge in [-0.25, -0.2) is 0 Å². The van der Waals surface area contributed by atoms with E-state index in [-0.39, 0.29) is 0 Å². The van der Waals surface area contributed by atoms with E-state index in [1.165, 1.54) is 5.56 Å². The molecule has 1 heterocycles. The molecule has 0 bridgehead atoms. The summed E-state index contributed by atoms with van der Waals surface area (Å²) in [5, 5.41) is 7.86. The summed E-state index contributed by atoms with van der Waals surface area (Å²) in [6, 6.07) is 0.506. The third kappa shape index (κ3) is 4.33. The molecule has 0 atom stereocenters. The lowest BCUT2D eigenvalue weighted by molar-refractivity contribution is 0.136. The van der Waals surface area contributed by atoms with Gasteiger partial charge in [-0.3, -0.25) is 4.68 Å². The van der Waals surface area contributed by atoms with Crippen LogP contribution >= 0.6 is 0 Å². The molecule has 0 radical (unpaired) electrons. The summed E-state index contributed by atoms with van der Waals surface area (Å²) in [4.78, 5) is 0. The maximum atomic E-state index is 5.31. The van der Waals surface area contributed by atoms with Gasteiger partial charge in [-0.1, -0.05) is 13.8 Å². The Labute approximate surface area is 98.0 Å². The molecule has 1 rings (SSSR count). The van der Waals surface area contributed by atoms with Crippen molar-refractivity contribution in [2.75, 3.05) is 13.2 Å². The quantitative estimate of drug-likeness (QED) is 0.718. The SMILES string of the molecule is CCOCCn1cc(CNC(C)C)c(C)n1. The highest BCUT2D eigenvalue weighted by atomic mass is 16.5. The first-order valence-electron chi connectivity index (χ1n) is 5.97. The van der Waals surface area contributed by atoms with Gasteiger partial charge in [0.2, 0.25) is 0 Å². The fourth-order valence-electron chi connectivity index (χ4n) is 1.46. The molecule has 4 nitrogen and oxygen atoms in total. The zero-order chi connectivity index (χ0) is 12.0. The van der Waals surface area contributed by atoms with Gasteiger partial charge < -0.3 is 10.1 Å². The summed E-state index contributed by atoms with van der Waals surface area (Å²) in [5.41, 5.74) is 2.37. The van der Waals surface area contributed by atoms with E-state index >= 15 is 0 Å². The molecule has 0 spiro atoms. The van der Waals surface area contributed by atoms with Gasteiger partial charge in [0.25, 0.3) is 0 Å². The molecule has 16 heavy (non-hydrogen) atoms. The van der Waals surface area contributed by atoms with Crippen molar-refractivity contribution in [3.63, 3.8) is 0 Å². The van der Waals surface area contributed by atoms with Crippen molar-refractivity contribution < 1.29 is 4.74 Å². The fraction of sp³-hybridized carbons (Fsp3) is 0.750. The first kappa shape index (κ1) is 13.2. The van der Waals surface area contributed by atoms with Crippen LogP contribution in [0.4, 0.5) is 0 Å². The minimum atomic E-state index is 0.506. The minimum absolute atomic E-state index is 0.506. The lowest BCUT2D eigenvalue weighted by atomic mass is 10.2. The molecule has 0 aromatic carbocycles. The molecule has 0 unspecified atom stereocenters. The maximum Gasteiger partial charge on any atom is 0.0662 e. The average Bonchev–Trinajstić information content (AvgIpc) is 2.57. The zero-order valence-corrected chi connectivity index (χ0v) is 10.8. The summed E-state index contributed by atoms with van der Waals surface area (Å²) in [6.07, 6.45) is 2.10. The molecule has 0 aliphatic carbocycles. The minimum Gasteiger partial charge on any atom is -0.380 e. The Balaban J connectivity index is 2.46. The van der Waals surface area contributed by atoms with Gasteiger partial charge in [0, 0.05) is 31.0 Å². The molecular weight excluding hydrogens is 202 g/mol. The van der Waals surface area contributed by atoms with E-state index in [4.69, 9.17) is 4.74 Å². The number of aromatic nitrogens is 2. The van der Waals surface area contributed by atoms with Crippen LogP contribution in [-0.4, -0.2) is 29.0 Å². The van der Waals surface area contributed by atoms with E-state index in [9.17, 15) is 0 Å². The standard InChI is InChI=1S/C12H23N3O/c1-5-16-7-6-15-9-12(11(4)14-15)8-13-10(2)3/h9-10,13H,5-8H2,1-4H3. The number of aryl methyl sites for hydroxylation is 1. The number of nitrogens with one attached hydrogen (secondary N) is 1. The van der Waals surface area contributed by atoms with Crippen LogP contribution in [0.2, 0.25) is 0 Å². The molecule has 0 saturated carbocycles. The largest absolute Gasteiger partial charge is 0.380 e. The smallest absolute Gasteiger partial charge is 0.0662 e. The number of nitrogens with zero attached hydrogens (tertiary/aromatic N) is 2. The van der Waals surface area contributed by atoms with E-state index in [2.05, 4.69) is 37.4 Å². The zero-order valence-electron chi connectivity index (χ0n) is 10.8. The highest BCUT2D eigenvalue weighted by Crippen LogP contribution is 2.05. The summed E-state index contributed by atoms with van der Waals surface area (Å²) < 4.78 is 7.27. The number of rotatable bonds is 7. The van der Waals surface area contributed by atoms with Gasteiger partial charge in [-0.15, -0.1) is 0 Å². The van der Waals surface area contributed by atoms with Crippen molar-refractivity contribution in [1.82, 2.24) is 15.1 Å². The van der Waals surface area contributed by atoms with Crippen molar-refractivity contribution in [3.8, 4) is 0 Å². The molecule has 0 fully saturated rings. The first-order chi connectivity index (χ1) is 7.63. The second-order valence-corrected chi connectivity index (χ2v) is 4.24. The van der Waals surface area contributed by atoms with Crippen molar-refractivity contribution in [1.29, 1.82) is 0 Å². The Morgan fingerprint density at radius 2 is 2.25 bits per heavy atom. The van der Waals surface area contributed by atoms with Gasteiger partial charge in [0.05, 0.1) is 18.8 Å². The summed E-state index contributed by atoms with van der Waals surface area (Å²) >= 11 is 0. The second kappa shape index (κ2) is 6.66. The van der Waals surface area contributed by atoms with E-state index < -0.39 is 0 Å². The molecule has 4 heteroatoms. The summed E-state index contributed by atoms with van der Waals surface area (Å²) in [7, 11) is 0. The fourth-order valence-corrected chi connectivity index (χ4v) is 1.46. The van der Waals surface area contributed by atoms with Crippen molar-refractivity contribution in [2.24, 2.45) is 0 Å². The summed E-state index contributed by atoms with van der Waals surface area (Å²) in [6.45, 7) is 11.6. The monoisotopic (exact) mass is 225 g/mol. The third-order valence-corrected chi connectivity index (χ3v) is 2.42. The molecule has 1 aromatic rings. The molecule has 92 valence electrons. The van der Waals surface area contributed by atoms with Crippen molar-refractivity contribution in [3.05, 3.63) is 17.5 Å². The molecule has 0 aliphatic rings. The van der Waals surface area contributed by atoms with Crippen LogP contribution in [0, 0.1) is 6.92 Å². The topological polar surface area (TPSA) is 39.1 Å². The van der Waals surface area contributed by atoms with Gasteiger partial charge in [-0.2, -0.15) is 5.10 Å². The highest BCUT2D eigenvalue weighted by Gasteiger charge is 2.04. The predicted molar refractivity (Wildman–Crippen MR) is 65.4 cm³/mol. The lowest BCUT2D eigenvalue weighted by Gasteiger charge is -2.06. The Bertz CT molecular complexity index is 307. The predicted octanol–water partition coefficient (Wildman–Crippen LogP) is 1.73. The van der Waals surface area contributed by atoms with E-state index in [1.54, 1.807) is 0 Å². The maximum absolute atomic E-state index is 5.31. The lowest BCUT2D eigenvalue weighted by Crippen LogP contribution is -2.21. The van der Waals surface area contributed by atoms with Crippen molar-refractivity contribution >= 4 is 0 Å². The van der Waals surface area contributed by atoms with Gasteiger partial charge in [0.1, 0.15) is 0 Å². The first-order valence-corrected chi connectivity index (χ1v) is 5.97. The van der Waals surface area contributed by atoms with Gasteiger partial charge in [-0.05, 0) is 13.8 Å². The van der Waals surface area contributed by atoms with Gasteiger partial charge in [0.15, 0.2) is 0 Å². The van der Waals surface area contributed by atoms with Crippen LogP contribution in [-0.2, 0) is 17.8 Å². The van der Waals surface area contributed by atoms with Crippen LogP contribution in [0.15, 0.2) is 6.20 Å². The van der Waals surface area contributed by atoms with Gasteiger partial charge >= 0.3 is 0 Å². The van der Waals surface area contributed by atoms with E-state index in [0.717, 1.165) is 32.0 Å². The molecule has 1 aromatic heterocycles. The molecule has 0 aliphatic heterocycles. The summed E-state index contributed by atoms with van der Waals surface area (Å²) in [5.74, 6) is 0. The van der Waals surface area contributed by atoms with Crippen molar-refractivity contribution in [2.45, 2.75) is 46.8 Å². The van der Waals surface area contributed by atoms with E-state index in [0.29, 0.717) is 6.04 Å². The van der Waals surface area contributed by atoms with Crippen LogP contribution in [0.3, 0.4) is 0 Å². The number of hydrogen-bond acceptors (Lipinski definition) is 3. The highest BCUT2D eigenvalue weighted by molar-refractivity contribution is 5.15. The number of hydrogen-bond donors (Lipinski definition) is 1. The Morgan fingerprint density at radius 1 is 1.50 bits per heavy atom. The average molecular weight is 225 g/mol. The molecule has 0 saturated heterocycles. The molecule has 1 N–H and O–H groups in total. The third-order valence-electron chi connectivity index (χ3n) is 2.42. The van der Waals surface area contributed by atoms with Crippen LogP contribution in [0.25, 0.3) is 0 Å². The molecular formula is C12H23N3O. The van der Waals surface area contributed by atoms with Crippen LogP contribution < -0.4 is 5.32 Å². The van der Waals surface area contributed by atoms with Crippen LogP contribution in [0.5, 0.6) is 0 Å². The Morgan fingerprint density at radius 3 is 2.88 bits per heavy atom. The Hall–Kier alpha value is -0.870.